The number of carbonyl (C=O) groups is 1. The van der Waals surface area contributed by atoms with Crippen molar-refractivity contribution in [2.45, 2.75) is 6.42 Å². The molecule has 1 amide bonds. The van der Waals surface area contributed by atoms with Crippen LogP contribution in [0, 0.1) is 5.82 Å². The minimum absolute atomic E-state index is 0.0124. The van der Waals surface area contributed by atoms with Gasteiger partial charge >= 0.3 is 0 Å². The number of ether oxygens (including phenoxy) is 1. The Morgan fingerprint density at radius 1 is 1.38 bits per heavy atom. The lowest BCUT2D eigenvalue weighted by molar-refractivity contribution is 0.0954. The Hall–Kier alpha value is -2.63. The number of methoxy groups -OCH3 is 1. The first-order valence-electron chi connectivity index (χ1n) is 6.42. The van der Waals surface area contributed by atoms with Gasteiger partial charge in [0, 0.05) is 6.54 Å². The molecule has 0 unspecified atom stereocenters. The number of nitrogen functional groups attached to an aromatic ring is 1. The molecule has 1 heterocycles. The van der Waals surface area contributed by atoms with E-state index < -0.39 is 11.7 Å². The van der Waals surface area contributed by atoms with E-state index in [1.807, 2.05) is 24.3 Å². The van der Waals surface area contributed by atoms with E-state index in [2.05, 4.69) is 10.3 Å². The highest BCUT2D eigenvalue weighted by Gasteiger charge is 2.11. The SMILES string of the molecule is COc1ccc(CCNC(=O)c2cc(F)cnc2N)cc1. The number of pyridine rings is 1. The van der Waals surface area contributed by atoms with E-state index in [1.165, 1.54) is 0 Å². The average molecular weight is 289 g/mol. The maximum absolute atomic E-state index is 13.1. The zero-order chi connectivity index (χ0) is 15.2. The van der Waals surface area contributed by atoms with E-state index in [9.17, 15) is 9.18 Å². The number of amides is 1. The molecule has 5 nitrogen and oxygen atoms in total. The molecule has 0 aliphatic carbocycles. The fourth-order valence-corrected chi connectivity index (χ4v) is 1.84. The number of nitrogens with zero attached hydrogens (tertiary/aromatic N) is 1. The summed E-state index contributed by atoms with van der Waals surface area (Å²) in [6.45, 7) is 0.418. The van der Waals surface area contributed by atoms with Crippen LogP contribution in [0.4, 0.5) is 10.2 Å². The number of rotatable bonds is 5. The van der Waals surface area contributed by atoms with Crippen LogP contribution in [0.15, 0.2) is 36.5 Å². The molecular formula is C15H16FN3O2. The van der Waals surface area contributed by atoms with Gasteiger partial charge in [-0.1, -0.05) is 12.1 Å². The van der Waals surface area contributed by atoms with Gasteiger partial charge in [0.1, 0.15) is 17.4 Å². The third-order valence-electron chi connectivity index (χ3n) is 2.99. The van der Waals surface area contributed by atoms with Crippen LogP contribution >= 0.6 is 0 Å². The molecule has 1 aromatic carbocycles. The molecule has 3 N–H and O–H groups in total. The molecule has 0 bridgehead atoms. The number of nitrogens with one attached hydrogen (secondary N) is 1. The standard InChI is InChI=1S/C15H16FN3O2/c1-21-12-4-2-10(3-5-12)6-7-18-15(20)13-8-11(16)9-19-14(13)17/h2-5,8-9H,6-7H2,1H3,(H2,17,19)(H,18,20). The topological polar surface area (TPSA) is 77.2 Å². The van der Waals surface area contributed by atoms with Gasteiger partial charge < -0.3 is 15.8 Å². The van der Waals surface area contributed by atoms with Crippen molar-refractivity contribution in [2.24, 2.45) is 0 Å². The Kier molecular flexibility index (Phi) is 4.71. The molecule has 0 saturated heterocycles. The van der Waals surface area contributed by atoms with Crippen LogP contribution < -0.4 is 15.8 Å². The van der Waals surface area contributed by atoms with E-state index >= 15 is 0 Å². The van der Waals surface area contributed by atoms with Crippen LogP contribution in [0.3, 0.4) is 0 Å². The van der Waals surface area contributed by atoms with Gasteiger partial charge in [0.2, 0.25) is 0 Å². The highest BCUT2D eigenvalue weighted by Crippen LogP contribution is 2.12. The van der Waals surface area contributed by atoms with E-state index in [0.29, 0.717) is 13.0 Å². The number of nitrogens with two attached hydrogens (primary N) is 1. The molecule has 2 rings (SSSR count). The van der Waals surface area contributed by atoms with Gasteiger partial charge in [-0.3, -0.25) is 4.79 Å². The minimum Gasteiger partial charge on any atom is -0.497 e. The molecule has 0 fully saturated rings. The molecule has 0 radical (unpaired) electrons. The summed E-state index contributed by atoms with van der Waals surface area (Å²) in [5.41, 5.74) is 6.66. The van der Waals surface area contributed by atoms with Crippen LogP contribution in [0.2, 0.25) is 0 Å². The molecule has 0 aliphatic heterocycles. The Bertz CT molecular complexity index is 629. The predicted molar refractivity (Wildman–Crippen MR) is 77.6 cm³/mol. The molecule has 0 spiro atoms. The molecule has 0 aliphatic rings. The highest BCUT2D eigenvalue weighted by molar-refractivity contribution is 5.98. The third kappa shape index (κ3) is 3.92. The average Bonchev–Trinajstić information content (AvgIpc) is 2.50. The second kappa shape index (κ2) is 6.69. The van der Waals surface area contributed by atoms with Crippen LogP contribution in [0.1, 0.15) is 15.9 Å². The van der Waals surface area contributed by atoms with Crippen LogP contribution in [-0.4, -0.2) is 24.5 Å². The Morgan fingerprint density at radius 3 is 2.76 bits per heavy atom. The van der Waals surface area contributed by atoms with Crippen molar-refractivity contribution in [3.63, 3.8) is 0 Å². The number of carbonyl (C=O) groups excluding carboxylic acids is 1. The van der Waals surface area contributed by atoms with Gasteiger partial charge in [0.15, 0.2) is 0 Å². The molecule has 0 atom stereocenters. The minimum atomic E-state index is -0.593. The van der Waals surface area contributed by atoms with E-state index in [0.717, 1.165) is 23.6 Å². The predicted octanol–water partition coefficient (Wildman–Crippen LogP) is 1.78. The van der Waals surface area contributed by atoms with Crippen molar-refractivity contribution in [3.05, 3.63) is 53.5 Å². The fourth-order valence-electron chi connectivity index (χ4n) is 1.84. The quantitative estimate of drug-likeness (QED) is 0.879. The second-order valence-electron chi connectivity index (χ2n) is 4.44. The summed E-state index contributed by atoms with van der Waals surface area (Å²) in [5, 5.41) is 2.69. The van der Waals surface area contributed by atoms with E-state index in [-0.39, 0.29) is 11.4 Å². The van der Waals surface area contributed by atoms with Crippen molar-refractivity contribution in [3.8, 4) is 5.75 Å². The normalized spacial score (nSPS) is 10.2. The summed E-state index contributed by atoms with van der Waals surface area (Å²) >= 11 is 0. The van der Waals surface area contributed by atoms with Crippen molar-refractivity contribution in [1.29, 1.82) is 0 Å². The molecular weight excluding hydrogens is 273 g/mol. The summed E-state index contributed by atoms with van der Waals surface area (Å²) in [7, 11) is 1.60. The summed E-state index contributed by atoms with van der Waals surface area (Å²) in [6, 6.07) is 8.62. The van der Waals surface area contributed by atoms with Gasteiger partial charge in [0.05, 0.1) is 18.9 Å². The Morgan fingerprint density at radius 2 is 2.10 bits per heavy atom. The number of halogens is 1. The highest BCUT2D eigenvalue weighted by atomic mass is 19.1. The van der Waals surface area contributed by atoms with E-state index in [1.54, 1.807) is 7.11 Å². The summed E-state index contributed by atoms with van der Waals surface area (Å²) in [4.78, 5) is 15.5. The fraction of sp³-hybridized carbons (Fsp3) is 0.200. The van der Waals surface area contributed by atoms with Crippen LogP contribution in [-0.2, 0) is 6.42 Å². The van der Waals surface area contributed by atoms with Crippen molar-refractivity contribution in [1.82, 2.24) is 10.3 Å². The number of aromatic nitrogens is 1. The van der Waals surface area contributed by atoms with E-state index in [4.69, 9.17) is 10.5 Å². The zero-order valence-corrected chi connectivity index (χ0v) is 11.6. The first-order chi connectivity index (χ1) is 10.1. The molecule has 6 heteroatoms. The maximum atomic E-state index is 13.1. The smallest absolute Gasteiger partial charge is 0.255 e. The summed E-state index contributed by atoms with van der Waals surface area (Å²) in [5.74, 6) is -0.239. The molecule has 2 aromatic rings. The van der Waals surface area contributed by atoms with Crippen molar-refractivity contribution < 1.29 is 13.9 Å². The largest absolute Gasteiger partial charge is 0.497 e. The monoisotopic (exact) mass is 289 g/mol. The summed E-state index contributed by atoms with van der Waals surface area (Å²) < 4.78 is 18.1. The number of benzene rings is 1. The van der Waals surface area contributed by atoms with Gasteiger partial charge in [-0.2, -0.15) is 0 Å². The molecule has 110 valence electrons. The second-order valence-corrected chi connectivity index (χ2v) is 4.44. The lowest BCUT2D eigenvalue weighted by Crippen LogP contribution is -2.27. The lowest BCUT2D eigenvalue weighted by Gasteiger charge is -2.07. The van der Waals surface area contributed by atoms with Crippen LogP contribution in [0.25, 0.3) is 0 Å². The molecule has 0 saturated carbocycles. The van der Waals surface area contributed by atoms with Crippen molar-refractivity contribution in [2.75, 3.05) is 19.4 Å². The first-order valence-corrected chi connectivity index (χ1v) is 6.42. The molecule has 21 heavy (non-hydrogen) atoms. The number of hydrogen-bond donors (Lipinski definition) is 2. The van der Waals surface area contributed by atoms with Gasteiger partial charge in [-0.05, 0) is 30.2 Å². The third-order valence-corrected chi connectivity index (χ3v) is 2.99. The Labute approximate surface area is 121 Å². The summed E-state index contributed by atoms with van der Waals surface area (Å²) in [6.07, 6.45) is 1.63. The Balaban J connectivity index is 1.90. The van der Waals surface area contributed by atoms with Crippen LogP contribution in [0.5, 0.6) is 5.75 Å². The zero-order valence-electron chi connectivity index (χ0n) is 11.6. The van der Waals surface area contributed by atoms with Gasteiger partial charge in [-0.15, -0.1) is 0 Å². The lowest BCUT2D eigenvalue weighted by atomic mass is 10.1. The first kappa shape index (κ1) is 14.8. The number of anilines is 1. The van der Waals surface area contributed by atoms with Crippen molar-refractivity contribution >= 4 is 11.7 Å². The maximum Gasteiger partial charge on any atom is 0.255 e. The van der Waals surface area contributed by atoms with Gasteiger partial charge in [-0.25, -0.2) is 9.37 Å². The number of hydrogen-bond acceptors (Lipinski definition) is 4. The van der Waals surface area contributed by atoms with Gasteiger partial charge in [0.25, 0.3) is 5.91 Å². The molecule has 1 aromatic heterocycles.